The molecule has 4 rings (SSSR count). The first kappa shape index (κ1) is 23.0. The van der Waals surface area contributed by atoms with Gasteiger partial charge in [0.15, 0.2) is 0 Å². The minimum atomic E-state index is -0.120. The number of rotatable bonds is 7. The highest BCUT2D eigenvalue weighted by Gasteiger charge is 2.22. The van der Waals surface area contributed by atoms with E-state index >= 15 is 0 Å². The highest BCUT2D eigenvalue weighted by Crippen LogP contribution is 2.29. The van der Waals surface area contributed by atoms with Crippen LogP contribution in [0.3, 0.4) is 0 Å². The third-order valence-electron chi connectivity index (χ3n) is 6.43. The number of nitrogens with one attached hydrogen (secondary N) is 1. The number of nitrogens with zero attached hydrogens (tertiary/aromatic N) is 2. The molecule has 1 aliphatic carbocycles. The van der Waals surface area contributed by atoms with E-state index in [0.717, 1.165) is 43.6 Å². The summed E-state index contributed by atoms with van der Waals surface area (Å²) in [5.41, 5.74) is 4.87. The zero-order valence-corrected chi connectivity index (χ0v) is 19.4. The van der Waals surface area contributed by atoms with E-state index in [1.54, 1.807) is 0 Å². The number of hydrazone groups is 1. The van der Waals surface area contributed by atoms with Gasteiger partial charge in [-0.25, -0.2) is 0 Å². The molecule has 1 heterocycles. The molecule has 0 spiro atoms. The monoisotopic (exact) mass is 447 g/mol. The summed E-state index contributed by atoms with van der Waals surface area (Å²) in [6, 6.07) is 13.7. The van der Waals surface area contributed by atoms with Crippen LogP contribution in [0.1, 0.15) is 66.1 Å². The molecule has 1 fully saturated rings. The van der Waals surface area contributed by atoms with Crippen molar-refractivity contribution in [2.45, 2.75) is 51.9 Å². The van der Waals surface area contributed by atoms with Gasteiger partial charge < -0.3 is 10.1 Å². The normalized spacial score (nSPS) is 18.1. The van der Waals surface area contributed by atoms with Crippen molar-refractivity contribution in [2.24, 2.45) is 11.0 Å². The Labute approximate surface area is 196 Å². The van der Waals surface area contributed by atoms with Crippen molar-refractivity contribution in [3.8, 4) is 0 Å². The zero-order valence-electron chi connectivity index (χ0n) is 19.4. The first-order chi connectivity index (χ1) is 16.1. The van der Waals surface area contributed by atoms with Crippen LogP contribution in [0.25, 0.3) is 0 Å². The van der Waals surface area contributed by atoms with Crippen molar-refractivity contribution in [3.63, 3.8) is 0 Å². The molecule has 2 aromatic carbocycles. The second-order valence-corrected chi connectivity index (χ2v) is 8.94. The number of amides is 1. The number of hydrogen-bond acceptors (Lipinski definition) is 5. The molecule has 1 saturated heterocycles. The Hall–Kier alpha value is -3.15. The maximum absolute atomic E-state index is 12.8. The molecule has 1 unspecified atom stereocenters. The van der Waals surface area contributed by atoms with E-state index in [4.69, 9.17) is 4.74 Å². The van der Waals surface area contributed by atoms with Gasteiger partial charge in [-0.1, -0.05) is 18.2 Å². The summed E-state index contributed by atoms with van der Waals surface area (Å²) in [6.45, 7) is 4.31. The number of carbonyl (C=O) groups is 2. The Morgan fingerprint density at radius 3 is 2.64 bits per heavy atom. The van der Waals surface area contributed by atoms with Crippen molar-refractivity contribution < 1.29 is 14.3 Å². The lowest BCUT2D eigenvalue weighted by atomic mass is 9.81. The quantitative estimate of drug-likeness (QED) is 0.488. The number of carbonyl (C=O) groups excluding carboxylic acids is 2. The van der Waals surface area contributed by atoms with Crippen LogP contribution in [0.5, 0.6) is 0 Å². The van der Waals surface area contributed by atoms with Crippen LogP contribution in [0.15, 0.2) is 47.6 Å². The second-order valence-electron chi connectivity index (χ2n) is 8.94. The van der Waals surface area contributed by atoms with Crippen molar-refractivity contribution >= 4 is 23.8 Å². The molecule has 1 N–H and O–H groups in total. The Bertz CT molecular complexity index is 994. The molecule has 6 nitrogen and oxygen atoms in total. The Morgan fingerprint density at radius 1 is 1.09 bits per heavy atom. The van der Waals surface area contributed by atoms with Gasteiger partial charge in [0.25, 0.3) is 5.91 Å². The van der Waals surface area contributed by atoms with E-state index in [2.05, 4.69) is 15.4 Å². The molecule has 2 aromatic rings. The summed E-state index contributed by atoms with van der Waals surface area (Å²) < 4.78 is 5.09. The van der Waals surface area contributed by atoms with Gasteiger partial charge in [0, 0.05) is 30.8 Å². The van der Waals surface area contributed by atoms with Crippen LogP contribution >= 0.6 is 0 Å². The van der Waals surface area contributed by atoms with Gasteiger partial charge in [-0.2, -0.15) is 5.10 Å². The van der Waals surface area contributed by atoms with Crippen LogP contribution in [-0.4, -0.2) is 42.8 Å². The van der Waals surface area contributed by atoms with E-state index in [1.807, 2.05) is 55.6 Å². The number of anilines is 1. The fraction of sp³-hybridized carbons (Fsp3) is 0.444. The first-order valence-corrected chi connectivity index (χ1v) is 12.1. The summed E-state index contributed by atoms with van der Waals surface area (Å²) in [7, 11) is 0. The highest BCUT2D eigenvalue weighted by atomic mass is 16.5. The van der Waals surface area contributed by atoms with E-state index in [9.17, 15) is 9.59 Å². The third kappa shape index (κ3) is 6.44. The molecule has 174 valence electrons. The van der Waals surface area contributed by atoms with Crippen LogP contribution in [0.4, 0.5) is 5.69 Å². The summed E-state index contributed by atoms with van der Waals surface area (Å²) in [5.74, 6) is 0.0834. The van der Waals surface area contributed by atoms with E-state index in [0.29, 0.717) is 24.5 Å². The minimum absolute atomic E-state index is 0.110. The van der Waals surface area contributed by atoms with Crippen molar-refractivity contribution in [3.05, 3.63) is 64.7 Å². The van der Waals surface area contributed by atoms with Crippen molar-refractivity contribution in [2.75, 3.05) is 25.0 Å². The summed E-state index contributed by atoms with van der Waals surface area (Å²) in [6.07, 6.45) is 8.74. The predicted octanol–water partition coefficient (Wildman–Crippen LogP) is 4.82. The van der Waals surface area contributed by atoms with Crippen LogP contribution in [-0.2, 0) is 22.4 Å². The first-order valence-electron chi connectivity index (χ1n) is 12.1. The molecule has 0 aromatic heterocycles. The van der Waals surface area contributed by atoms with Crippen LogP contribution < -0.4 is 5.32 Å². The SMILES string of the molecule is CCOC(=O)CC1CCc2cc(C(=O)Nc3ccc(C=NN4CCCCC4)cc3)ccc2C1. The maximum Gasteiger partial charge on any atom is 0.306 e. The van der Waals surface area contributed by atoms with Crippen molar-refractivity contribution in [1.29, 1.82) is 0 Å². The number of hydrogen-bond donors (Lipinski definition) is 1. The molecule has 0 radical (unpaired) electrons. The molecule has 0 bridgehead atoms. The lowest BCUT2D eigenvalue weighted by Gasteiger charge is -2.24. The van der Waals surface area contributed by atoms with Gasteiger partial charge in [-0.05, 0) is 92.3 Å². The molecule has 1 atom stereocenters. The van der Waals surface area contributed by atoms with Gasteiger partial charge in [-0.3, -0.25) is 14.6 Å². The molecular formula is C27H33N3O3. The maximum atomic E-state index is 12.8. The van der Waals surface area contributed by atoms with Gasteiger partial charge >= 0.3 is 5.97 Å². The molecule has 1 amide bonds. The zero-order chi connectivity index (χ0) is 23.0. The fourth-order valence-corrected chi connectivity index (χ4v) is 4.60. The smallest absolute Gasteiger partial charge is 0.306 e. The highest BCUT2D eigenvalue weighted by molar-refractivity contribution is 6.04. The lowest BCUT2D eigenvalue weighted by molar-refractivity contribution is -0.144. The van der Waals surface area contributed by atoms with E-state index < -0.39 is 0 Å². The number of ether oxygens (including phenoxy) is 1. The average molecular weight is 448 g/mol. The Kier molecular flexibility index (Phi) is 7.76. The van der Waals surface area contributed by atoms with Gasteiger partial charge in [0.05, 0.1) is 12.8 Å². The third-order valence-corrected chi connectivity index (χ3v) is 6.43. The van der Waals surface area contributed by atoms with Crippen LogP contribution in [0.2, 0.25) is 0 Å². The fourth-order valence-electron chi connectivity index (χ4n) is 4.60. The number of piperidine rings is 1. The van der Waals surface area contributed by atoms with E-state index in [1.165, 1.54) is 30.4 Å². The Balaban J connectivity index is 1.32. The molecular weight excluding hydrogens is 414 g/mol. The topological polar surface area (TPSA) is 71.0 Å². The van der Waals surface area contributed by atoms with Gasteiger partial charge in [-0.15, -0.1) is 0 Å². The second kappa shape index (κ2) is 11.1. The van der Waals surface area contributed by atoms with E-state index in [-0.39, 0.29) is 11.9 Å². The number of esters is 1. The van der Waals surface area contributed by atoms with Gasteiger partial charge in [0.1, 0.15) is 0 Å². The average Bonchev–Trinajstić information content (AvgIpc) is 2.84. The number of aryl methyl sites for hydroxylation is 1. The van der Waals surface area contributed by atoms with Gasteiger partial charge in [0.2, 0.25) is 0 Å². The molecule has 0 saturated carbocycles. The number of benzene rings is 2. The number of fused-ring (bicyclic) bond motifs is 1. The Morgan fingerprint density at radius 2 is 1.88 bits per heavy atom. The predicted molar refractivity (Wildman–Crippen MR) is 131 cm³/mol. The summed E-state index contributed by atoms with van der Waals surface area (Å²) in [5, 5.41) is 9.67. The summed E-state index contributed by atoms with van der Waals surface area (Å²) in [4.78, 5) is 24.6. The molecule has 6 heteroatoms. The minimum Gasteiger partial charge on any atom is -0.466 e. The summed E-state index contributed by atoms with van der Waals surface area (Å²) >= 11 is 0. The van der Waals surface area contributed by atoms with Crippen molar-refractivity contribution in [1.82, 2.24) is 5.01 Å². The lowest BCUT2D eigenvalue weighted by Crippen LogP contribution is -2.24. The molecule has 33 heavy (non-hydrogen) atoms. The molecule has 2 aliphatic rings. The standard InChI is InChI=1S/C27H33N3O3/c1-2-33-26(31)17-21-6-9-23-18-24(11-10-22(23)16-21)27(32)29-25-12-7-20(8-13-25)19-28-30-14-4-3-5-15-30/h7-8,10-13,18-19,21H,2-6,9,14-17H2,1H3,(H,29,32). The largest absolute Gasteiger partial charge is 0.466 e. The van der Waals surface area contributed by atoms with Crippen LogP contribution in [0, 0.1) is 5.92 Å². The molecule has 1 aliphatic heterocycles.